The van der Waals surface area contributed by atoms with Crippen LogP contribution in [0.4, 0.5) is 0 Å². The van der Waals surface area contributed by atoms with Crippen LogP contribution >= 0.6 is 11.6 Å². The van der Waals surface area contributed by atoms with Crippen LogP contribution in [0, 0.1) is 6.92 Å². The highest BCUT2D eigenvalue weighted by Gasteiger charge is 2.23. The maximum Gasteiger partial charge on any atom is 0.336 e. The molecule has 0 radical (unpaired) electrons. The van der Waals surface area contributed by atoms with Crippen molar-refractivity contribution in [3.8, 4) is 11.1 Å². The first-order valence-corrected chi connectivity index (χ1v) is 6.02. The van der Waals surface area contributed by atoms with Crippen molar-refractivity contribution in [2.24, 2.45) is 0 Å². The van der Waals surface area contributed by atoms with Crippen LogP contribution in [-0.4, -0.2) is 27.1 Å². The molecule has 0 aliphatic carbocycles. The van der Waals surface area contributed by atoms with E-state index in [1.54, 1.807) is 19.1 Å². The monoisotopic (exact) mass is 291 g/mol. The highest BCUT2D eigenvalue weighted by Crippen LogP contribution is 2.34. The summed E-state index contributed by atoms with van der Waals surface area (Å²) in [6.45, 7) is 1.60. The van der Waals surface area contributed by atoms with E-state index in [0.29, 0.717) is 5.56 Å². The summed E-state index contributed by atoms with van der Waals surface area (Å²) in [5, 5.41) is 18.7. The minimum absolute atomic E-state index is 0.0584. The van der Waals surface area contributed by atoms with Crippen LogP contribution in [0.2, 0.25) is 5.15 Å². The molecule has 0 fully saturated rings. The second-order valence-electron chi connectivity index (χ2n) is 4.13. The van der Waals surface area contributed by atoms with Crippen LogP contribution in [0.25, 0.3) is 11.1 Å². The lowest BCUT2D eigenvalue weighted by Crippen LogP contribution is -2.09. The number of halogens is 1. The van der Waals surface area contributed by atoms with Gasteiger partial charge in [-0.3, -0.25) is 0 Å². The smallest absolute Gasteiger partial charge is 0.336 e. The number of carbonyl (C=O) groups is 2. The molecule has 6 heteroatoms. The van der Waals surface area contributed by atoms with Crippen LogP contribution < -0.4 is 0 Å². The Balaban J connectivity index is 2.91. The summed E-state index contributed by atoms with van der Waals surface area (Å²) in [5.41, 5.74) is 0.607. The minimum atomic E-state index is -1.22. The number of nitrogens with zero attached hydrogens (tertiary/aromatic N) is 1. The van der Waals surface area contributed by atoms with Crippen molar-refractivity contribution in [2.75, 3.05) is 0 Å². The highest BCUT2D eigenvalue weighted by molar-refractivity contribution is 6.32. The van der Waals surface area contributed by atoms with Gasteiger partial charge in [0.1, 0.15) is 5.15 Å². The van der Waals surface area contributed by atoms with Crippen molar-refractivity contribution < 1.29 is 19.8 Å². The summed E-state index contributed by atoms with van der Waals surface area (Å²) < 4.78 is 0. The second-order valence-corrected chi connectivity index (χ2v) is 4.49. The van der Waals surface area contributed by atoms with E-state index in [4.69, 9.17) is 11.6 Å². The zero-order chi connectivity index (χ0) is 14.9. The quantitative estimate of drug-likeness (QED) is 0.848. The molecule has 5 nitrogen and oxygen atoms in total. The van der Waals surface area contributed by atoms with E-state index in [1.807, 2.05) is 0 Å². The molecular weight excluding hydrogens is 282 g/mol. The third kappa shape index (κ3) is 2.35. The fourth-order valence-corrected chi connectivity index (χ4v) is 2.23. The number of rotatable bonds is 3. The molecule has 0 amide bonds. The first kappa shape index (κ1) is 14.0. The summed E-state index contributed by atoms with van der Waals surface area (Å²) >= 11 is 5.97. The molecule has 0 bridgehead atoms. The summed E-state index contributed by atoms with van der Waals surface area (Å²) in [6, 6.07) is 5.94. The fourth-order valence-electron chi connectivity index (χ4n) is 2.01. The van der Waals surface area contributed by atoms with E-state index < -0.39 is 11.9 Å². The van der Waals surface area contributed by atoms with Crippen molar-refractivity contribution in [2.45, 2.75) is 6.92 Å². The van der Waals surface area contributed by atoms with Gasteiger partial charge in [-0.15, -0.1) is 0 Å². The van der Waals surface area contributed by atoms with Crippen LogP contribution in [0.3, 0.4) is 0 Å². The van der Waals surface area contributed by atoms with Gasteiger partial charge in [0.2, 0.25) is 0 Å². The van der Waals surface area contributed by atoms with Crippen LogP contribution in [-0.2, 0) is 0 Å². The number of hydrogen-bond donors (Lipinski definition) is 2. The van der Waals surface area contributed by atoms with Crippen molar-refractivity contribution in [1.29, 1.82) is 0 Å². The van der Waals surface area contributed by atoms with E-state index in [2.05, 4.69) is 4.98 Å². The molecular formula is C14H10ClNO4. The molecule has 20 heavy (non-hydrogen) atoms. The third-order valence-electron chi connectivity index (χ3n) is 2.89. The number of aromatic nitrogens is 1. The molecule has 2 aromatic rings. The Morgan fingerprint density at radius 1 is 1.15 bits per heavy atom. The van der Waals surface area contributed by atoms with E-state index >= 15 is 0 Å². The summed E-state index contributed by atoms with van der Waals surface area (Å²) in [5.74, 6) is -2.43. The normalized spacial score (nSPS) is 10.3. The molecule has 102 valence electrons. The Labute approximate surface area is 119 Å². The van der Waals surface area contributed by atoms with Gasteiger partial charge < -0.3 is 10.2 Å². The van der Waals surface area contributed by atoms with Gasteiger partial charge in [-0.05, 0) is 30.7 Å². The number of carboxylic acids is 2. The lowest BCUT2D eigenvalue weighted by Gasteiger charge is -2.13. The van der Waals surface area contributed by atoms with Crippen molar-refractivity contribution in [3.05, 3.63) is 52.3 Å². The van der Waals surface area contributed by atoms with E-state index in [0.717, 1.165) is 0 Å². The fraction of sp³-hybridized carbons (Fsp3) is 0.0714. The number of hydrogen-bond acceptors (Lipinski definition) is 3. The number of aromatic carboxylic acids is 2. The van der Waals surface area contributed by atoms with Crippen molar-refractivity contribution in [3.63, 3.8) is 0 Å². The third-order valence-corrected chi connectivity index (χ3v) is 3.19. The second kappa shape index (κ2) is 5.30. The van der Waals surface area contributed by atoms with Gasteiger partial charge in [-0.1, -0.05) is 17.7 Å². The number of aryl methyl sites for hydroxylation is 1. The number of benzene rings is 1. The SMILES string of the molecule is Cc1ccc(C(=O)O)c(-c2cccnc2Cl)c1C(=O)O. The molecule has 0 atom stereocenters. The Morgan fingerprint density at radius 3 is 2.40 bits per heavy atom. The van der Waals surface area contributed by atoms with Crippen molar-refractivity contribution in [1.82, 2.24) is 4.98 Å². The average molecular weight is 292 g/mol. The van der Waals surface area contributed by atoms with Crippen molar-refractivity contribution >= 4 is 23.5 Å². The van der Waals surface area contributed by atoms with Gasteiger partial charge in [0.05, 0.1) is 11.1 Å². The average Bonchev–Trinajstić information content (AvgIpc) is 2.38. The summed E-state index contributed by atoms with van der Waals surface area (Å²) in [6.07, 6.45) is 1.45. The van der Waals surface area contributed by atoms with Crippen LogP contribution in [0.1, 0.15) is 26.3 Å². The van der Waals surface area contributed by atoms with E-state index in [9.17, 15) is 19.8 Å². The zero-order valence-corrected chi connectivity index (χ0v) is 11.2. The van der Waals surface area contributed by atoms with E-state index in [-0.39, 0.29) is 27.4 Å². The topological polar surface area (TPSA) is 87.5 Å². The Hall–Kier alpha value is -2.40. The molecule has 0 saturated carbocycles. The molecule has 0 saturated heterocycles. The highest BCUT2D eigenvalue weighted by atomic mass is 35.5. The standard InChI is InChI=1S/C14H10ClNO4/c1-7-4-5-9(13(17)18)11(10(7)14(19)20)8-3-2-6-16-12(8)15/h2-6H,1H3,(H,17,18)(H,19,20). The minimum Gasteiger partial charge on any atom is -0.478 e. The van der Waals surface area contributed by atoms with Gasteiger partial charge in [0.15, 0.2) is 0 Å². The van der Waals surface area contributed by atoms with Gasteiger partial charge in [0.25, 0.3) is 0 Å². The Bertz CT molecular complexity index is 712. The predicted molar refractivity (Wildman–Crippen MR) is 73.3 cm³/mol. The van der Waals surface area contributed by atoms with Gasteiger partial charge >= 0.3 is 11.9 Å². The first-order valence-electron chi connectivity index (χ1n) is 5.64. The lowest BCUT2D eigenvalue weighted by atomic mass is 9.92. The van der Waals surface area contributed by atoms with E-state index in [1.165, 1.54) is 18.3 Å². The molecule has 0 spiro atoms. The van der Waals surface area contributed by atoms with Crippen LogP contribution in [0.15, 0.2) is 30.5 Å². The maximum absolute atomic E-state index is 11.4. The van der Waals surface area contributed by atoms with Crippen LogP contribution in [0.5, 0.6) is 0 Å². The molecule has 0 aliphatic rings. The summed E-state index contributed by atoms with van der Waals surface area (Å²) in [7, 11) is 0. The largest absolute Gasteiger partial charge is 0.478 e. The van der Waals surface area contributed by atoms with Gasteiger partial charge in [0, 0.05) is 17.3 Å². The molecule has 1 heterocycles. The van der Waals surface area contributed by atoms with Gasteiger partial charge in [-0.2, -0.15) is 0 Å². The lowest BCUT2D eigenvalue weighted by molar-refractivity contribution is 0.0695. The zero-order valence-electron chi connectivity index (χ0n) is 10.4. The molecule has 2 rings (SSSR count). The first-order chi connectivity index (χ1) is 9.43. The number of carboxylic acid groups (broad SMARTS) is 2. The molecule has 1 aromatic carbocycles. The van der Waals surface area contributed by atoms with Gasteiger partial charge in [-0.25, -0.2) is 14.6 Å². The molecule has 0 unspecified atom stereocenters. The molecule has 2 N–H and O–H groups in total. The molecule has 1 aromatic heterocycles. The maximum atomic E-state index is 11.4. The Morgan fingerprint density at radius 2 is 1.85 bits per heavy atom. The predicted octanol–water partition coefficient (Wildman–Crippen LogP) is 3.11. The summed E-state index contributed by atoms with van der Waals surface area (Å²) in [4.78, 5) is 26.6. The molecule has 0 aliphatic heterocycles. The number of pyridine rings is 1. The Kier molecular flexibility index (Phi) is 3.72.